The third-order valence-corrected chi connectivity index (χ3v) is 2.79. The van der Waals surface area contributed by atoms with E-state index in [4.69, 9.17) is 9.47 Å². The summed E-state index contributed by atoms with van der Waals surface area (Å²) in [5.41, 5.74) is 0.994. The molecule has 100 valence electrons. The van der Waals surface area contributed by atoms with Gasteiger partial charge in [0.2, 0.25) is 0 Å². The highest BCUT2D eigenvalue weighted by Crippen LogP contribution is 2.02. The number of ether oxygens (including phenoxy) is 2. The van der Waals surface area contributed by atoms with Crippen molar-refractivity contribution in [3.05, 3.63) is 64.6 Å². The SMILES string of the molecule is COc1cccn(CCOCc2ccccc2)c1=O. The van der Waals surface area contributed by atoms with E-state index in [0.29, 0.717) is 25.5 Å². The monoisotopic (exact) mass is 259 g/mol. The number of rotatable bonds is 6. The van der Waals surface area contributed by atoms with Crippen molar-refractivity contribution >= 4 is 0 Å². The number of pyridine rings is 1. The largest absolute Gasteiger partial charge is 0.491 e. The van der Waals surface area contributed by atoms with E-state index >= 15 is 0 Å². The minimum absolute atomic E-state index is 0.131. The maximum atomic E-state index is 11.8. The first kappa shape index (κ1) is 13.4. The second-order valence-corrected chi connectivity index (χ2v) is 4.11. The van der Waals surface area contributed by atoms with Crippen molar-refractivity contribution in [1.29, 1.82) is 0 Å². The minimum atomic E-state index is -0.131. The molecule has 0 aliphatic heterocycles. The van der Waals surface area contributed by atoms with Crippen LogP contribution >= 0.6 is 0 Å². The zero-order valence-electron chi connectivity index (χ0n) is 10.9. The van der Waals surface area contributed by atoms with E-state index in [1.165, 1.54) is 7.11 Å². The van der Waals surface area contributed by atoms with E-state index in [1.807, 2.05) is 30.3 Å². The molecule has 0 saturated carbocycles. The third kappa shape index (κ3) is 3.69. The summed E-state index contributed by atoms with van der Waals surface area (Å²) in [5.74, 6) is 0.352. The Labute approximate surface area is 112 Å². The molecule has 0 unspecified atom stereocenters. The van der Waals surface area contributed by atoms with E-state index in [0.717, 1.165) is 5.56 Å². The average Bonchev–Trinajstić information content (AvgIpc) is 2.46. The van der Waals surface area contributed by atoms with Gasteiger partial charge in [0.05, 0.1) is 20.3 Å². The Balaban J connectivity index is 1.85. The fraction of sp³-hybridized carbons (Fsp3) is 0.267. The molecule has 0 fully saturated rings. The van der Waals surface area contributed by atoms with Crippen molar-refractivity contribution in [3.8, 4) is 5.75 Å². The molecule has 1 aromatic heterocycles. The number of benzene rings is 1. The third-order valence-electron chi connectivity index (χ3n) is 2.79. The molecule has 0 aliphatic rings. The van der Waals surface area contributed by atoms with Crippen molar-refractivity contribution in [2.45, 2.75) is 13.2 Å². The van der Waals surface area contributed by atoms with Crippen LogP contribution in [0.2, 0.25) is 0 Å². The van der Waals surface area contributed by atoms with Crippen molar-refractivity contribution in [2.75, 3.05) is 13.7 Å². The van der Waals surface area contributed by atoms with Crippen LogP contribution in [0.3, 0.4) is 0 Å². The quantitative estimate of drug-likeness (QED) is 0.746. The standard InChI is InChI=1S/C15H17NO3/c1-18-14-8-5-9-16(15(14)17)10-11-19-12-13-6-3-2-4-7-13/h2-9H,10-12H2,1H3. The summed E-state index contributed by atoms with van der Waals surface area (Å²) >= 11 is 0. The van der Waals surface area contributed by atoms with Gasteiger partial charge < -0.3 is 14.0 Å². The van der Waals surface area contributed by atoms with Crippen molar-refractivity contribution < 1.29 is 9.47 Å². The Kier molecular flexibility index (Phi) is 4.75. The summed E-state index contributed by atoms with van der Waals surface area (Å²) in [6, 6.07) is 13.4. The molecule has 19 heavy (non-hydrogen) atoms. The molecule has 0 saturated heterocycles. The molecule has 2 rings (SSSR count). The van der Waals surface area contributed by atoms with Crippen LogP contribution in [-0.4, -0.2) is 18.3 Å². The smallest absolute Gasteiger partial charge is 0.292 e. The molecule has 2 aromatic rings. The Morgan fingerprint density at radius 1 is 1.11 bits per heavy atom. The summed E-state index contributed by atoms with van der Waals surface area (Å²) in [4.78, 5) is 11.8. The number of hydrogen-bond acceptors (Lipinski definition) is 3. The normalized spacial score (nSPS) is 10.4. The number of hydrogen-bond donors (Lipinski definition) is 0. The summed E-state index contributed by atoms with van der Waals surface area (Å²) in [6.45, 7) is 1.56. The van der Waals surface area contributed by atoms with Crippen LogP contribution in [-0.2, 0) is 17.9 Å². The average molecular weight is 259 g/mol. The molecular formula is C15H17NO3. The van der Waals surface area contributed by atoms with Gasteiger partial charge in [0, 0.05) is 12.7 Å². The first-order valence-corrected chi connectivity index (χ1v) is 6.16. The van der Waals surface area contributed by atoms with Crippen molar-refractivity contribution in [2.24, 2.45) is 0 Å². The van der Waals surface area contributed by atoms with Gasteiger partial charge in [0.15, 0.2) is 5.75 Å². The summed E-state index contributed by atoms with van der Waals surface area (Å²) in [6.07, 6.45) is 1.73. The Hall–Kier alpha value is -2.07. The molecule has 1 heterocycles. The van der Waals surface area contributed by atoms with Gasteiger partial charge in [0.25, 0.3) is 5.56 Å². The Bertz CT molecular complexity index is 563. The van der Waals surface area contributed by atoms with E-state index in [1.54, 1.807) is 22.9 Å². The Morgan fingerprint density at radius 3 is 2.63 bits per heavy atom. The molecule has 0 bridgehead atoms. The topological polar surface area (TPSA) is 40.5 Å². The van der Waals surface area contributed by atoms with E-state index < -0.39 is 0 Å². The number of aromatic nitrogens is 1. The van der Waals surface area contributed by atoms with Gasteiger partial charge in [-0.05, 0) is 17.7 Å². The van der Waals surface area contributed by atoms with Gasteiger partial charge in [0.1, 0.15) is 0 Å². The van der Waals surface area contributed by atoms with Gasteiger partial charge >= 0.3 is 0 Å². The predicted molar refractivity (Wildman–Crippen MR) is 73.4 cm³/mol. The fourth-order valence-electron chi connectivity index (χ4n) is 1.77. The van der Waals surface area contributed by atoms with Crippen LogP contribution in [0.25, 0.3) is 0 Å². The highest BCUT2D eigenvalue weighted by molar-refractivity contribution is 5.17. The molecule has 0 aliphatic carbocycles. The maximum absolute atomic E-state index is 11.8. The zero-order valence-corrected chi connectivity index (χ0v) is 10.9. The first-order valence-electron chi connectivity index (χ1n) is 6.16. The second kappa shape index (κ2) is 6.75. The number of nitrogens with zero attached hydrogens (tertiary/aromatic N) is 1. The predicted octanol–water partition coefficient (Wildman–Crippen LogP) is 2.07. The lowest BCUT2D eigenvalue weighted by atomic mass is 10.2. The lowest BCUT2D eigenvalue weighted by Crippen LogP contribution is -2.22. The molecule has 0 amide bonds. The van der Waals surface area contributed by atoms with E-state index in [-0.39, 0.29) is 5.56 Å². The van der Waals surface area contributed by atoms with Crippen LogP contribution in [0.1, 0.15) is 5.56 Å². The van der Waals surface area contributed by atoms with Crippen LogP contribution in [0.15, 0.2) is 53.5 Å². The molecule has 0 N–H and O–H groups in total. The lowest BCUT2D eigenvalue weighted by Gasteiger charge is -2.08. The van der Waals surface area contributed by atoms with E-state index in [2.05, 4.69) is 0 Å². The van der Waals surface area contributed by atoms with Crippen molar-refractivity contribution in [3.63, 3.8) is 0 Å². The highest BCUT2D eigenvalue weighted by atomic mass is 16.5. The lowest BCUT2D eigenvalue weighted by molar-refractivity contribution is 0.112. The van der Waals surface area contributed by atoms with Gasteiger partial charge in [-0.3, -0.25) is 4.79 Å². The van der Waals surface area contributed by atoms with Gasteiger partial charge in [-0.1, -0.05) is 30.3 Å². The fourth-order valence-corrected chi connectivity index (χ4v) is 1.77. The number of methoxy groups -OCH3 is 1. The molecule has 0 radical (unpaired) electrons. The molecule has 1 aromatic carbocycles. The molecule has 0 atom stereocenters. The zero-order chi connectivity index (χ0) is 13.5. The molecule has 0 spiro atoms. The minimum Gasteiger partial charge on any atom is -0.491 e. The Morgan fingerprint density at radius 2 is 1.89 bits per heavy atom. The summed E-state index contributed by atoms with van der Waals surface area (Å²) < 4.78 is 12.1. The van der Waals surface area contributed by atoms with Crippen LogP contribution in [0.4, 0.5) is 0 Å². The van der Waals surface area contributed by atoms with Gasteiger partial charge in [-0.25, -0.2) is 0 Å². The molecule has 4 nitrogen and oxygen atoms in total. The van der Waals surface area contributed by atoms with Gasteiger partial charge in [-0.15, -0.1) is 0 Å². The van der Waals surface area contributed by atoms with Crippen LogP contribution < -0.4 is 10.3 Å². The summed E-state index contributed by atoms with van der Waals surface area (Å²) in [5, 5.41) is 0. The second-order valence-electron chi connectivity index (χ2n) is 4.11. The summed E-state index contributed by atoms with van der Waals surface area (Å²) in [7, 11) is 1.49. The van der Waals surface area contributed by atoms with Gasteiger partial charge in [-0.2, -0.15) is 0 Å². The highest BCUT2D eigenvalue weighted by Gasteiger charge is 2.02. The first-order chi connectivity index (χ1) is 9.31. The molecule has 4 heteroatoms. The van der Waals surface area contributed by atoms with Crippen LogP contribution in [0, 0.1) is 0 Å². The van der Waals surface area contributed by atoms with Crippen molar-refractivity contribution in [1.82, 2.24) is 4.57 Å². The molecular weight excluding hydrogens is 242 g/mol. The maximum Gasteiger partial charge on any atom is 0.292 e. The van der Waals surface area contributed by atoms with Crippen LogP contribution in [0.5, 0.6) is 5.75 Å². The van der Waals surface area contributed by atoms with E-state index in [9.17, 15) is 4.79 Å².